The number of rotatable bonds is 4. The van der Waals surface area contributed by atoms with E-state index in [1.165, 1.54) is 0 Å². The lowest BCUT2D eigenvalue weighted by molar-refractivity contribution is -0.143. The minimum Gasteiger partial charge on any atom is -0.497 e. The molecule has 5 heteroatoms. The van der Waals surface area contributed by atoms with Crippen LogP contribution in [0.25, 0.3) is 0 Å². The van der Waals surface area contributed by atoms with Gasteiger partial charge in [0.2, 0.25) is 0 Å². The van der Waals surface area contributed by atoms with Crippen LogP contribution in [0.5, 0.6) is 5.75 Å². The number of cyclic esters (lactones) is 1. The summed E-state index contributed by atoms with van der Waals surface area (Å²) in [5.74, 6) is 0.0602. The highest BCUT2D eigenvalue weighted by Crippen LogP contribution is 2.30. The second-order valence-corrected chi connectivity index (χ2v) is 5.33. The molecule has 2 aromatic carbocycles. The van der Waals surface area contributed by atoms with E-state index in [9.17, 15) is 9.59 Å². The Bertz CT molecular complexity index is 697. The Morgan fingerprint density at radius 2 is 1.83 bits per heavy atom. The first kappa shape index (κ1) is 15.1. The lowest BCUT2D eigenvalue weighted by Gasteiger charge is -2.10. The molecule has 1 fully saturated rings. The Morgan fingerprint density at radius 3 is 2.48 bits per heavy atom. The van der Waals surface area contributed by atoms with Crippen LogP contribution in [0.15, 0.2) is 54.6 Å². The number of hydrogen-bond acceptors (Lipinski definition) is 4. The minimum absolute atomic E-state index is 0.275. The van der Waals surface area contributed by atoms with Crippen molar-refractivity contribution in [3.05, 3.63) is 65.7 Å². The van der Waals surface area contributed by atoms with Crippen molar-refractivity contribution in [3.63, 3.8) is 0 Å². The van der Waals surface area contributed by atoms with E-state index in [1.807, 2.05) is 30.3 Å². The summed E-state index contributed by atoms with van der Waals surface area (Å²) in [5.41, 5.74) is 1.41. The maximum Gasteiger partial charge on any atom is 0.329 e. The number of esters is 1. The summed E-state index contributed by atoms with van der Waals surface area (Å²) in [6.07, 6.45) is 0.0680. The highest BCUT2D eigenvalue weighted by molar-refractivity contribution is 5.97. The van der Waals surface area contributed by atoms with Crippen molar-refractivity contribution >= 4 is 11.9 Å². The molecule has 3 rings (SSSR count). The molecule has 1 aliphatic heterocycles. The summed E-state index contributed by atoms with van der Waals surface area (Å²) < 4.78 is 10.5. The molecule has 0 saturated carbocycles. The Hall–Kier alpha value is -2.82. The SMILES string of the molecule is COc1ccc([C@H]2C[C@@H](NC(=O)c3ccccc3)C(=O)O2)cc1. The van der Waals surface area contributed by atoms with Gasteiger partial charge in [-0.05, 0) is 29.8 Å². The zero-order valence-electron chi connectivity index (χ0n) is 12.7. The molecule has 2 atom stereocenters. The molecule has 1 amide bonds. The van der Waals surface area contributed by atoms with Crippen LogP contribution in [0, 0.1) is 0 Å². The Kier molecular flexibility index (Phi) is 4.28. The van der Waals surface area contributed by atoms with Crippen LogP contribution in [-0.4, -0.2) is 25.0 Å². The van der Waals surface area contributed by atoms with Gasteiger partial charge in [-0.3, -0.25) is 4.79 Å². The summed E-state index contributed by atoms with van der Waals surface area (Å²) in [6, 6.07) is 15.5. The van der Waals surface area contributed by atoms with Gasteiger partial charge in [-0.2, -0.15) is 0 Å². The van der Waals surface area contributed by atoms with Gasteiger partial charge in [0.25, 0.3) is 5.91 Å². The quantitative estimate of drug-likeness (QED) is 0.881. The fourth-order valence-corrected chi connectivity index (χ4v) is 2.55. The van der Waals surface area contributed by atoms with Crippen molar-refractivity contribution in [3.8, 4) is 5.75 Å². The van der Waals surface area contributed by atoms with Gasteiger partial charge in [-0.25, -0.2) is 4.79 Å². The largest absolute Gasteiger partial charge is 0.497 e. The molecule has 1 N–H and O–H groups in total. The van der Waals surface area contributed by atoms with Crippen LogP contribution in [0.1, 0.15) is 28.4 Å². The van der Waals surface area contributed by atoms with Crippen molar-refractivity contribution < 1.29 is 19.1 Å². The average Bonchev–Trinajstić information content (AvgIpc) is 2.96. The van der Waals surface area contributed by atoms with E-state index >= 15 is 0 Å². The number of hydrogen-bond donors (Lipinski definition) is 1. The van der Waals surface area contributed by atoms with Crippen molar-refractivity contribution in [1.82, 2.24) is 5.32 Å². The van der Waals surface area contributed by atoms with Gasteiger partial charge in [0.1, 0.15) is 17.9 Å². The smallest absolute Gasteiger partial charge is 0.329 e. The molecule has 5 nitrogen and oxygen atoms in total. The summed E-state index contributed by atoms with van der Waals surface area (Å²) in [6.45, 7) is 0. The van der Waals surface area contributed by atoms with Crippen molar-refractivity contribution in [2.75, 3.05) is 7.11 Å². The molecule has 2 aromatic rings. The lowest BCUT2D eigenvalue weighted by atomic mass is 10.0. The van der Waals surface area contributed by atoms with Crippen molar-refractivity contribution in [2.24, 2.45) is 0 Å². The first-order chi connectivity index (χ1) is 11.2. The zero-order valence-corrected chi connectivity index (χ0v) is 12.7. The average molecular weight is 311 g/mol. The second kappa shape index (κ2) is 6.52. The van der Waals surface area contributed by atoms with E-state index in [-0.39, 0.29) is 12.0 Å². The van der Waals surface area contributed by atoms with Gasteiger partial charge < -0.3 is 14.8 Å². The molecule has 0 radical (unpaired) electrons. The van der Waals surface area contributed by atoms with Crippen LogP contribution in [0.3, 0.4) is 0 Å². The topological polar surface area (TPSA) is 64.6 Å². The van der Waals surface area contributed by atoms with Crippen LogP contribution >= 0.6 is 0 Å². The zero-order chi connectivity index (χ0) is 16.2. The van der Waals surface area contributed by atoms with E-state index in [1.54, 1.807) is 31.4 Å². The van der Waals surface area contributed by atoms with Gasteiger partial charge in [0.05, 0.1) is 7.11 Å². The second-order valence-electron chi connectivity index (χ2n) is 5.33. The normalized spacial score (nSPS) is 20.0. The minimum atomic E-state index is -0.630. The summed E-state index contributed by atoms with van der Waals surface area (Å²) in [7, 11) is 1.60. The van der Waals surface area contributed by atoms with Crippen molar-refractivity contribution in [1.29, 1.82) is 0 Å². The summed E-state index contributed by atoms with van der Waals surface area (Å²) in [4.78, 5) is 24.1. The van der Waals surface area contributed by atoms with E-state index < -0.39 is 12.0 Å². The van der Waals surface area contributed by atoms with Crippen LogP contribution in [0.4, 0.5) is 0 Å². The molecule has 1 heterocycles. The molecule has 1 saturated heterocycles. The van der Waals surface area contributed by atoms with E-state index in [2.05, 4.69) is 5.32 Å². The molecule has 0 aromatic heterocycles. The first-order valence-corrected chi connectivity index (χ1v) is 7.38. The van der Waals surface area contributed by atoms with Gasteiger partial charge in [0, 0.05) is 12.0 Å². The molecule has 118 valence electrons. The third-order valence-electron chi connectivity index (χ3n) is 3.82. The predicted octanol–water partition coefficient (Wildman–Crippen LogP) is 2.48. The molecule has 1 aliphatic rings. The number of carbonyl (C=O) groups is 2. The standard InChI is InChI=1S/C18H17NO4/c1-22-14-9-7-12(8-10-14)16-11-15(18(21)23-16)19-17(20)13-5-3-2-4-6-13/h2-10,15-16H,11H2,1H3,(H,19,20)/t15-,16-/m1/s1. The lowest BCUT2D eigenvalue weighted by Crippen LogP contribution is -2.37. The van der Waals surface area contributed by atoms with E-state index in [0.29, 0.717) is 12.0 Å². The molecule has 0 spiro atoms. The predicted molar refractivity (Wildman–Crippen MR) is 84.1 cm³/mol. The Labute approximate surface area is 134 Å². The number of methoxy groups -OCH3 is 1. The summed E-state index contributed by atoms with van der Waals surface area (Å²) in [5, 5.41) is 2.73. The highest BCUT2D eigenvalue weighted by atomic mass is 16.6. The van der Waals surface area contributed by atoms with Gasteiger partial charge in [-0.1, -0.05) is 30.3 Å². The monoisotopic (exact) mass is 311 g/mol. The molecule has 0 bridgehead atoms. The maximum atomic E-state index is 12.1. The summed E-state index contributed by atoms with van der Waals surface area (Å²) >= 11 is 0. The van der Waals surface area contributed by atoms with E-state index in [4.69, 9.17) is 9.47 Å². The van der Waals surface area contributed by atoms with Crippen LogP contribution in [-0.2, 0) is 9.53 Å². The highest BCUT2D eigenvalue weighted by Gasteiger charge is 2.36. The number of nitrogens with one attached hydrogen (secondary N) is 1. The molecular weight excluding hydrogens is 294 g/mol. The fourth-order valence-electron chi connectivity index (χ4n) is 2.55. The molecule has 0 unspecified atom stereocenters. The first-order valence-electron chi connectivity index (χ1n) is 7.38. The van der Waals surface area contributed by atoms with Gasteiger partial charge >= 0.3 is 5.97 Å². The van der Waals surface area contributed by atoms with Gasteiger partial charge in [0.15, 0.2) is 0 Å². The maximum absolute atomic E-state index is 12.1. The van der Waals surface area contributed by atoms with Gasteiger partial charge in [-0.15, -0.1) is 0 Å². The van der Waals surface area contributed by atoms with E-state index in [0.717, 1.165) is 11.3 Å². The third-order valence-corrected chi connectivity index (χ3v) is 3.82. The molecule has 0 aliphatic carbocycles. The van der Waals surface area contributed by atoms with Crippen LogP contribution < -0.4 is 10.1 Å². The molecule has 23 heavy (non-hydrogen) atoms. The number of ether oxygens (including phenoxy) is 2. The Balaban J connectivity index is 1.66. The molecular formula is C18H17NO4. The number of carbonyl (C=O) groups excluding carboxylic acids is 2. The third kappa shape index (κ3) is 3.34. The number of benzene rings is 2. The Morgan fingerprint density at radius 1 is 1.13 bits per heavy atom. The number of amides is 1. The van der Waals surface area contributed by atoms with Crippen LogP contribution in [0.2, 0.25) is 0 Å². The fraction of sp³-hybridized carbons (Fsp3) is 0.222. The van der Waals surface area contributed by atoms with Crippen molar-refractivity contribution in [2.45, 2.75) is 18.6 Å².